The van der Waals surface area contributed by atoms with Crippen LogP contribution in [0.15, 0.2) is 35.3 Å². The standard InChI is InChI=1S/C18H22N2O3/c1-2-8-20-11-7-14-12-15(3-4-16(14)17(20)21)19-9-5-13(6-10-19)18(22)23/h3-4,7,11-13H,2,5-6,8-10H2,1H3,(H,22,23). The summed E-state index contributed by atoms with van der Waals surface area (Å²) in [5.41, 5.74) is 1.12. The van der Waals surface area contributed by atoms with Crippen LogP contribution in [0.4, 0.5) is 5.69 Å². The molecular formula is C18H22N2O3. The summed E-state index contributed by atoms with van der Waals surface area (Å²) in [5.74, 6) is -0.924. The van der Waals surface area contributed by atoms with E-state index in [9.17, 15) is 9.59 Å². The van der Waals surface area contributed by atoms with Gasteiger partial charge in [-0.15, -0.1) is 0 Å². The van der Waals surface area contributed by atoms with Crippen molar-refractivity contribution >= 4 is 22.4 Å². The van der Waals surface area contributed by atoms with Gasteiger partial charge in [-0.05, 0) is 48.9 Å². The first-order valence-corrected chi connectivity index (χ1v) is 8.21. The number of aromatic nitrogens is 1. The Morgan fingerprint density at radius 2 is 2.00 bits per heavy atom. The van der Waals surface area contributed by atoms with Gasteiger partial charge < -0.3 is 14.6 Å². The van der Waals surface area contributed by atoms with E-state index in [1.165, 1.54) is 0 Å². The molecule has 5 nitrogen and oxygen atoms in total. The molecule has 23 heavy (non-hydrogen) atoms. The van der Waals surface area contributed by atoms with Crippen LogP contribution in [0.25, 0.3) is 10.8 Å². The Hall–Kier alpha value is -2.30. The summed E-state index contributed by atoms with van der Waals surface area (Å²) in [6.45, 7) is 4.28. The summed E-state index contributed by atoms with van der Waals surface area (Å²) in [6, 6.07) is 7.89. The van der Waals surface area contributed by atoms with E-state index in [-0.39, 0.29) is 11.5 Å². The number of rotatable bonds is 4. The van der Waals surface area contributed by atoms with Gasteiger partial charge in [0.15, 0.2) is 0 Å². The van der Waals surface area contributed by atoms with E-state index < -0.39 is 5.97 Å². The number of hydrogen-bond acceptors (Lipinski definition) is 3. The Morgan fingerprint density at radius 3 is 2.65 bits per heavy atom. The molecule has 5 heteroatoms. The summed E-state index contributed by atoms with van der Waals surface area (Å²) in [4.78, 5) is 25.7. The quantitative estimate of drug-likeness (QED) is 0.942. The van der Waals surface area contributed by atoms with E-state index in [0.29, 0.717) is 12.8 Å². The Labute approximate surface area is 135 Å². The lowest BCUT2D eigenvalue weighted by atomic mass is 9.96. The molecule has 3 rings (SSSR count). The molecule has 1 saturated heterocycles. The van der Waals surface area contributed by atoms with Crippen LogP contribution >= 0.6 is 0 Å². The molecule has 2 heterocycles. The van der Waals surface area contributed by atoms with Crippen molar-refractivity contribution in [3.05, 3.63) is 40.8 Å². The molecule has 1 fully saturated rings. The van der Waals surface area contributed by atoms with Crippen molar-refractivity contribution in [3.8, 4) is 0 Å². The van der Waals surface area contributed by atoms with Gasteiger partial charge in [-0.1, -0.05) is 6.92 Å². The average molecular weight is 314 g/mol. The minimum Gasteiger partial charge on any atom is -0.481 e. The first-order valence-electron chi connectivity index (χ1n) is 8.21. The van der Waals surface area contributed by atoms with Crippen LogP contribution in [0.2, 0.25) is 0 Å². The van der Waals surface area contributed by atoms with Crippen LogP contribution < -0.4 is 10.5 Å². The van der Waals surface area contributed by atoms with Gasteiger partial charge in [0.2, 0.25) is 0 Å². The molecule has 1 aliphatic rings. The molecule has 0 spiro atoms. The van der Waals surface area contributed by atoms with E-state index in [0.717, 1.165) is 42.5 Å². The third-order valence-electron chi connectivity index (χ3n) is 4.63. The largest absolute Gasteiger partial charge is 0.481 e. The Morgan fingerprint density at radius 1 is 1.26 bits per heavy atom. The van der Waals surface area contributed by atoms with Crippen LogP contribution in [0.1, 0.15) is 26.2 Å². The topological polar surface area (TPSA) is 62.5 Å². The number of anilines is 1. The Kier molecular flexibility index (Phi) is 4.37. The number of aryl methyl sites for hydroxylation is 1. The number of aliphatic carboxylic acids is 1. The van der Waals surface area contributed by atoms with Crippen molar-refractivity contribution in [1.29, 1.82) is 0 Å². The lowest BCUT2D eigenvalue weighted by Gasteiger charge is -2.32. The second-order valence-electron chi connectivity index (χ2n) is 6.19. The minimum atomic E-state index is -0.695. The monoisotopic (exact) mass is 314 g/mol. The number of carbonyl (C=O) groups is 1. The van der Waals surface area contributed by atoms with Gasteiger partial charge in [-0.3, -0.25) is 9.59 Å². The number of carboxylic acid groups (broad SMARTS) is 1. The molecule has 1 N–H and O–H groups in total. The van der Waals surface area contributed by atoms with Crippen molar-refractivity contribution in [2.24, 2.45) is 5.92 Å². The van der Waals surface area contributed by atoms with Gasteiger partial charge in [-0.2, -0.15) is 0 Å². The van der Waals surface area contributed by atoms with E-state index in [1.807, 2.05) is 30.5 Å². The second kappa shape index (κ2) is 6.44. The maximum Gasteiger partial charge on any atom is 0.306 e. The van der Waals surface area contributed by atoms with E-state index in [4.69, 9.17) is 5.11 Å². The van der Waals surface area contributed by atoms with Crippen LogP contribution in [-0.4, -0.2) is 28.7 Å². The zero-order chi connectivity index (χ0) is 16.4. The zero-order valence-corrected chi connectivity index (χ0v) is 13.4. The normalized spacial score (nSPS) is 16.0. The highest BCUT2D eigenvalue weighted by atomic mass is 16.4. The number of benzene rings is 1. The first kappa shape index (κ1) is 15.6. The van der Waals surface area contributed by atoms with E-state index in [1.54, 1.807) is 4.57 Å². The lowest BCUT2D eigenvalue weighted by molar-refractivity contribution is -0.142. The molecule has 0 radical (unpaired) electrons. The predicted octanol–water partition coefficient (Wildman–Crippen LogP) is 2.71. The fourth-order valence-corrected chi connectivity index (χ4v) is 3.27. The van der Waals surface area contributed by atoms with Gasteiger partial charge >= 0.3 is 5.97 Å². The van der Waals surface area contributed by atoms with Crippen molar-refractivity contribution in [3.63, 3.8) is 0 Å². The molecule has 0 amide bonds. The fourth-order valence-electron chi connectivity index (χ4n) is 3.27. The van der Waals surface area contributed by atoms with Crippen molar-refractivity contribution in [1.82, 2.24) is 4.57 Å². The molecule has 0 saturated carbocycles. The smallest absolute Gasteiger partial charge is 0.306 e. The molecule has 0 bridgehead atoms. The maximum atomic E-state index is 12.4. The highest BCUT2D eigenvalue weighted by Gasteiger charge is 2.24. The number of hydrogen-bond donors (Lipinski definition) is 1. The van der Waals surface area contributed by atoms with Crippen LogP contribution in [-0.2, 0) is 11.3 Å². The number of nitrogens with zero attached hydrogens (tertiary/aromatic N) is 2. The summed E-state index contributed by atoms with van der Waals surface area (Å²) in [6.07, 6.45) is 4.13. The van der Waals surface area contributed by atoms with E-state index in [2.05, 4.69) is 11.8 Å². The van der Waals surface area contributed by atoms with Crippen molar-refractivity contribution in [2.75, 3.05) is 18.0 Å². The number of carboxylic acids is 1. The number of fused-ring (bicyclic) bond motifs is 1. The Bertz CT molecular complexity index is 773. The van der Waals surface area contributed by atoms with Crippen LogP contribution in [0.3, 0.4) is 0 Å². The minimum absolute atomic E-state index is 0.0560. The summed E-state index contributed by atoms with van der Waals surface area (Å²) in [5, 5.41) is 10.8. The third-order valence-corrected chi connectivity index (χ3v) is 4.63. The molecule has 122 valence electrons. The number of piperidine rings is 1. The second-order valence-corrected chi connectivity index (χ2v) is 6.19. The average Bonchev–Trinajstić information content (AvgIpc) is 2.57. The first-order chi connectivity index (χ1) is 11.1. The molecule has 1 aromatic carbocycles. The molecule has 1 aromatic heterocycles. The van der Waals surface area contributed by atoms with Crippen molar-refractivity contribution in [2.45, 2.75) is 32.7 Å². The SMILES string of the molecule is CCCn1ccc2cc(N3CCC(C(=O)O)CC3)ccc2c1=O. The van der Waals surface area contributed by atoms with Crippen LogP contribution in [0, 0.1) is 5.92 Å². The summed E-state index contributed by atoms with van der Waals surface area (Å²) < 4.78 is 1.75. The van der Waals surface area contributed by atoms with Gasteiger partial charge in [0.1, 0.15) is 0 Å². The fraction of sp³-hybridized carbons (Fsp3) is 0.444. The Balaban J connectivity index is 1.85. The van der Waals surface area contributed by atoms with Gasteiger partial charge in [0.05, 0.1) is 5.92 Å². The predicted molar refractivity (Wildman–Crippen MR) is 91.1 cm³/mol. The zero-order valence-electron chi connectivity index (χ0n) is 13.4. The highest BCUT2D eigenvalue weighted by molar-refractivity contribution is 5.85. The highest BCUT2D eigenvalue weighted by Crippen LogP contribution is 2.25. The van der Waals surface area contributed by atoms with Gasteiger partial charge in [0, 0.05) is 36.9 Å². The van der Waals surface area contributed by atoms with Gasteiger partial charge in [0.25, 0.3) is 5.56 Å². The molecule has 1 aliphatic heterocycles. The van der Waals surface area contributed by atoms with E-state index >= 15 is 0 Å². The number of pyridine rings is 1. The summed E-state index contributed by atoms with van der Waals surface area (Å²) in [7, 11) is 0. The summed E-state index contributed by atoms with van der Waals surface area (Å²) >= 11 is 0. The molecular weight excluding hydrogens is 292 g/mol. The molecule has 0 atom stereocenters. The lowest BCUT2D eigenvalue weighted by Crippen LogP contribution is -2.36. The maximum absolute atomic E-state index is 12.4. The molecule has 2 aromatic rings. The third kappa shape index (κ3) is 3.09. The molecule has 0 aliphatic carbocycles. The van der Waals surface area contributed by atoms with Gasteiger partial charge in [-0.25, -0.2) is 0 Å². The molecule has 0 unspecified atom stereocenters. The van der Waals surface area contributed by atoms with Crippen LogP contribution in [0.5, 0.6) is 0 Å². The van der Waals surface area contributed by atoms with Crippen molar-refractivity contribution < 1.29 is 9.90 Å².